The van der Waals surface area contributed by atoms with E-state index in [9.17, 15) is 9.90 Å². The predicted molar refractivity (Wildman–Crippen MR) is 73.8 cm³/mol. The molecule has 0 aliphatic heterocycles. The van der Waals surface area contributed by atoms with Crippen LogP contribution in [0.5, 0.6) is 11.5 Å². The van der Waals surface area contributed by atoms with Crippen molar-refractivity contribution in [1.82, 2.24) is 0 Å². The maximum Gasteiger partial charge on any atom is 0.339 e. The zero-order valence-corrected chi connectivity index (χ0v) is 11.0. The summed E-state index contributed by atoms with van der Waals surface area (Å²) in [4.78, 5) is 10.7. The number of carbonyl (C=O) groups is 1. The van der Waals surface area contributed by atoms with Crippen LogP contribution in [0.1, 0.15) is 42.5 Å². The van der Waals surface area contributed by atoms with Gasteiger partial charge in [-0.3, -0.25) is 0 Å². The Morgan fingerprint density at radius 2 is 2.00 bits per heavy atom. The van der Waals surface area contributed by atoms with Crippen LogP contribution in [0.2, 0.25) is 0 Å². The average Bonchev–Trinajstić information content (AvgIpc) is 2.37. The van der Waals surface area contributed by atoms with Gasteiger partial charge < -0.3 is 14.9 Å². The second-order valence-electron chi connectivity index (χ2n) is 4.32. The maximum absolute atomic E-state index is 10.7. The van der Waals surface area contributed by atoms with Crippen LogP contribution < -0.4 is 4.74 Å². The van der Waals surface area contributed by atoms with E-state index in [0.29, 0.717) is 12.4 Å². The number of hydrogen-bond donors (Lipinski definition) is 2. The van der Waals surface area contributed by atoms with Crippen molar-refractivity contribution in [3.8, 4) is 11.5 Å². The minimum atomic E-state index is -1.15. The number of carboxylic acid groups (broad SMARTS) is 1. The van der Waals surface area contributed by atoms with Gasteiger partial charge in [-0.25, -0.2) is 4.79 Å². The van der Waals surface area contributed by atoms with Crippen LogP contribution in [0.25, 0.3) is 0 Å². The van der Waals surface area contributed by atoms with Crippen molar-refractivity contribution in [2.75, 3.05) is 6.61 Å². The van der Waals surface area contributed by atoms with Gasteiger partial charge in [0.05, 0.1) is 6.61 Å². The highest BCUT2D eigenvalue weighted by atomic mass is 16.5. The van der Waals surface area contributed by atoms with E-state index in [1.54, 1.807) is 6.07 Å². The number of allylic oxidation sites excluding steroid dienone is 1. The Morgan fingerprint density at radius 3 is 2.63 bits per heavy atom. The zero-order valence-electron chi connectivity index (χ0n) is 11.0. The van der Waals surface area contributed by atoms with Crippen LogP contribution in [0.15, 0.2) is 30.9 Å². The SMILES string of the molecule is C=CCCCCCCOc1ccc(C(=O)O)c(O)c1. The van der Waals surface area contributed by atoms with Crippen molar-refractivity contribution in [1.29, 1.82) is 0 Å². The first-order chi connectivity index (χ1) is 9.15. The minimum Gasteiger partial charge on any atom is -0.507 e. The molecular formula is C15H20O4. The van der Waals surface area contributed by atoms with E-state index in [-0.39, 0.29) is 11.3 Å². The quantitative estimate of drug-likeness (QED) is 0.528. The lowest BCUT2D eigenvalue weighted by Gasteiger charge is -2.07. The number of carboxylic acids is 1. The van der Waals surface area contributed by atoms with Crippen molar-refractivity contribution in [2.45, 2.75) is 32.1 Å². The highest BCUT2D eigenvalue weighted by molar-refractivity contribution is 5.90. The second kappa shape index (κ2) is 8.19. The molecule has 0 spiro atoms. The molecule has 0 aromatic heterocycles. The summed E-state index contributed by atoms with van der Waals surface area (Å²) in [7, 11) is 0. The van der Waals surface area contributed by atoms with Crippen LogP contribution >= 0.6 is 0 Å². The Morgan fingerprint density at radius 1 is 1.26 bits per heavy atom. The molecular weight excluding hydrogens is 244 g/mol. The average molecular weight is 264 g/mol. The molecule has 0 heterocycles. The molecule has 0 amide bonds. The molecule has 19 heavy (non-hydrogen) atoms. The number of unbranched alkanes of at least 4 members (excludes halogenated alkanes) is 4. The lowest BCUT2D eigenvalue weighted by Crippen LogP contribution is -2.00. The summed E-state index contributed by atoms with van der Waals surface area (Å²) in [6, 6.07) is 4.24. The molecule has 0 aliphatic rings. The summed E-state index contributed by atoms with van der Waals surface area (Å²) in [6.07, 6.45) is 7.30. The van der Waals surface area contributed by atoms with E-state index in [2.05, 4.69) is 6.58 Å². The molecule has 0 radical (unpaired) electrons. The standard InChI is InChI=1S/C15H20O4/c1-2-3-4-5-6-7-10-19-12-8-9-13(15(17)18)14(16)11-12/h2,8-9,11,16H,1,3-7,10H2,(H,17,18). The molecule has 1 aromatic carbocycles. The Kier molecular flexibility index (Phi) is 6.50. The van der Waals surface area contributed by atoms with E-state index in [4.69, 9.17) is 9.84 Å². The Hall–Kier alpha value is -1.97. The van der Waals surface area contributed by atoms with Gasteiger partial charge >= 0.3 is 5.97 Å². The molecule has 2 N–H and O–H groups in total. The van der Waals surface area contributed by atoms with E-state index < -0.39 is 5.97 Å². The molecule has 0 bridgehead atoms. The Balaban J connectivity index is 2.28. The van der Waals surface area contributed by atoms with Crippen molar-refractivity contribution >= 4 is 5.97 Å². The molecule has 0 aliphatic carbocycles. The van der Waals surface area contributed by atoms with Crippen molar-refractivity contribution in [3.63, 3.8) is 0 Å². The fourth-order valence-electron chi connectivity index (χ4n) is 1.72. The lowest BCUT2D eigenvalue weighted by molar-refractivity contribution is 0.0693. The summed E-state index contributed by atoms with van der Waals surface area (Å²) >= 11 is 0. The largest absolute Gasteiger partial charge is 0.507 e. The minimum absolute atomic E-state index is 0.114. The Bertz CT molecular complexity index is 426. The van der Waals surface area contributed by atoms with E-state index in [0.717, 1.165) is 32.1 Å². The number of aromatic hydroxyl groups is 1. The Labute approximate surface area is 113 Å². The molecule has 104 valence electrons. The number of hydrogen-bond acceptors (Lipinski definition) is 3. The van der Waals surface area contributed by atoms with Crippen LogP contribution in [0.3, 0.4) is 0 Å². The molecule has 0 saturated heterocycles. The summed E-state index contributed by atoms with van der Waals surface area (Å²) in [5, 5.41) is 18.3. The number of ether oxygens (including phenoxy) is 1. The third-order valence-corrected chi connectivity index (χ3v) is 2.77. The van der Waals surface area contributed by atoms with Crippen LogP contribution in [-0.4, -0.2) is 22.8 Å². The number of benzene rings is 1. The van der Waals surface area contributed by atoms with Gasteiger partial charge in [-0.1, -0.05) is 18.9 Å². The fraction of sp³-hybridized carbons (Fsp3) is 0.400. The van der Waals surface area contributed by atoms with Gasteiger partial charge in [0.1, 0.15) is 17.1 Å². The topological polar surface area (TPSA) is 66.8 Å². The predicted octanol–water partition coefficient (Wildman–Crippen LogP) is 3.61. The number of phenols is 1. The van der Waals surface area contributed by atoms with Gasteiger partial charge in [0.25, 0.3) is 0 Å². The van der Waals surface area contributed by atoms with Crippen molar-refractivity contribution in [3.05, 3.63) is 36.4 Å². The van der Waals surface area contributed by atoms with Crippen LogP contribution in [0, 0.1) is 0 Å². The lowest BCUT2D eigenvalue weighted by atomic mass is 10.1. The third kappa shape index (κ3) is 5.46. The summed E-state index contributed by atoms with van der Waals surface area (Å²) in [6.45, 7) is 4.24. The van der Waals surface area contributed by atoms with Crippen LogP contribution in [-0.2, 0) is 0 Å². The van der Waals surface area contributed by atoms with Gasteiger partial charge in [0, 0.05) is 6.07 Å². The van der Waals surface area contributed by atoms with E-state index in [1.807, 2.05) is 6.08 Å². The third-order valence-electron chi connectivity index (χ3n) is 2.77. The van der Waals surface area contributed by atoms with Crippen molar-refractivity contribution < 1.29 is 19.7 Å². The smallest absolute Gasteiger partial charge is 0.339 e. The summed E-state index contributed by atoms with van der Waals surface area (Å²) in [5.41, 5.74) is -0.114. The molecule has 1 aromatic rings. The normalized spacial score (nSPS) is 10.1. The first-order valence-corrected chi connectivity index (χ1v) is 6.45. The van der Waals surface area contributed by atoms with Crippen LogP contribution in [0.4, 0.5) is 0 Å². The maximum atomic E-state index is 10.7. The molecule has 0 unspecified atom stereocenters. The monoisotopic (exact) mass is 264 g/mol. The molecule has 0 atom stereocenters. The molecule has 1 rings (SSSR count). The van der Waals surface area contributed by atoms with Gasteiger partial charge in [-0.05, 0) is 31.4 Å². The van der Waals surface area contributed by atoms with Gasteiger partial charge in [0.15, 0.2) is 0 Å². The summed E-state index contributed by atoms with van der Waals surface area (Å²) in [5.74, 6) is -0.921. The van der Waals surface area contributed by atoms with E-state index in [1.165, 1.54) is 12.1 Å². The van der Waals surface area contributed by atoms with Crippen molar-refractivity contribution in [2.24, 2.45) is 0 Å². The fourth-order valence-corrected chi connectivity index (χ4v) is 1.72. The number of rotatable bonds is 9. The van der Waals surface area contributed by atoms with Gasteiger partial charge in [-0.15, -0.1) is 6.58 Å². The first-order valence-electron chi connectivity index (χ1n) is 6.45. The molecule has 4 heteroatoms. The second-order valence-corrected chi connectivity index (χ2v) is 4.32. The van der Waals surface area contributed by atoms with E-state index >= 15 is 0 Å². The van der Waals surface area contributed by atoms with Gasteiger partial charge in [0.2, 0.25) is 0 Å². The summed E-state index contributed by atoms with van der Waals surface area (Å²) < 4.78 is 5.46. The molecule has 0 fully saturated rings. The molecule has 4 nitrogen and oxygen atoms in total. The highest BCUT2D eigenvalue weighted by Gasteiger charge is 2.09. The number of aromatic carboxylic acids is 1. The van der Waals surface area contributed by atoms with Gasteiger partial charge in [-0.2, -0.15) is 0 Å². The molecule has 0 saturated carbocycles. The zero-order chi connectivity index (χ0) is 14.1. The highest BCUT2D eigenvalue weighted by Crippen LogP contribution is 2.23. The first kappa shape index (κ1) is 15.1.